The third-order valence-electron chi connectivity index (χ3n) is 5.89. The molecule has 34 heavy (non-hydrogen) atoms. The maximum absolute atomic E-state index is 9.46. The molecule has 0 saturated carbocycles. The fourth-order valence-corrected chi connectivity index (χ4v) is 4.36. The van der Waals surface area contributed by atoms with Gasteiger partial charge in [0.1, 0.15) is 0 Å². The van der Waals surface area contributed by atoms with Crippen LogP contribution in [0.3, 0.4) is 0 Å². The van der Waals surface area contributed by atoms with Gasteiger partial charge in [0, 0.05) is 0 Å². The van der Waals surface area contributed by atoms with Crippen LogP contribution in [0.4, 0.5) is 0 Å². The van der Waals surface area contributed by atoms with Gasteiger partial charge in [0.05, 0.1) is 46.5 Å². The highest BCUT2D eigenvalue weighted by Gasteiger charge is 2.14. The standard InChI is InChI=1S/C30H14N4/c31-15-19-7-20(16-32)10-25(9-19)27-5-6-28(26-11-21(17-33)8-22(12-26)18-34)30-14-24-4-2-1-3-23(24)13-29(27)30/h1-14H. The lowest BCUT2D eigenvalue weighted by Gasteiger charge is -2.14. The van der Waals surface area contributed by atoms with E-state index in [-0.39, 0.29) is 0 Å². The molecular weight excluding hydrogens is 416 g/mol. The van der Waals surface area contributed by atoms with E-state index in [9.17, 15) is 21.0 Å². The van der Waals surface area contributed by atoms with Crippen molar-refractivity contribution in [3.63, 3.8) is 0 Å². The molecule has 0 unspecified atom stereocenters. The van der Waals surface area contributed by atoms with Crippen LogP contribution in [0.1, 0.15) is 22.3 Å². The van der Waals surface area contributed by atoms with Gasteiger partial charge in [-0.25, -0.2) is 0 Å². The zero-order valence-electron chi connectivity index (χ0n) is 17.9. The van der Waals surface area contributed by atoms with E-state index in [4.69, 9.17) is 0 Å². The van der Waals surface area contributed by atoms with Crippen molar-refractivity contribution in [3.05, 3.63) is 107 Å². The zero-order valence-corrected chi connectivity index (χ0v) is 17.9. The van der Waals surface area contributed by atoms with E-state index >= 15 is 0 Å². The Morgan fingerprint density at radius 3 is 1.09 bits per heavy atom. The van der Waals surface area contributed by atoms with Crippen LogP contribution in [0.5, 0.6) is 0 Å². The molecule has 0 aliphatic carbocycles. The quantitative estimate of drug-likeness (QED) is 0.287. The lowest BCUT2D eigenvalue weighted by atomic mass is 9.88. The number of benzene rings is 5. The fraction of sp³-hybridized carbons (Fsp3) is 0. The van der Waals surface area contributed by atoms with Crippen molar-refractivity contribution in [2.45, 2.75) is 0 Å². The Labute approximate surface area is 196 Å². The van der Waals surface area contributed by atoms with E-state index in [2.05, 4.69) is 36.4 Å². The first kappa shape index (κ1) is 20.5. The van der Waals surface area contributed by atoms with Crippen molar-refractivity contribution < 1.29 is 0 Å². The van der Waals surface area contributed by atoms with Gasteiger partial charge in [-0.15, -0.1) is 0 Å². The second-order valence-corrected chi connectivity index (χ2v) is 7.95. The summed E-state index contributed by atoms with van der Waals surface area (Å²) in [4.78, 5) is 0. The van der Waals surface area contributed by atoms with Crippen molar-refractivity contribution in [2.75, 3.05) is 0 Å². The molecule has 5 rings (SSSR count). The van der Waals surface area contributed by atoms with Crippen LogP contribution in [0.25, 0.3) is 43.8 Å². The van der Waals surface area contributed by atoms with E-state index in [0.29, 0.717) is 22.3 Å². The maximum Gasteiger partial charge on any atom is 0.0992 e. The summed E-state index contributed by atoms with van der Waals surface area (Å²) in [6.07, 6.45) is 0. The van der Waals surface area contributed by atoms with Gasteiger partial charge in [-0.2, -0.15) is 21.0 Å². The van der Waals surface area contributed by atoms with Crippen LogP contribution in [0, 0.1) is 45.3 Å². The number of fused-ring (bicyclic) bond motifs is 2. The largest absolute Gasteiger partial charge is 0.192 e. The minimum atomic E-state index is 0.424. The van der Waals surface area contributed by atoms with E-state index in [1.165, 1.54) is 0 Å². The third-order valence-corrected chi connectivity index (χ3v) is 5.89. The summed E-state index contributed by atoms with van der Waals surface area (Å²) in [7, 11) is 0. The highest BCUT2D eigenvalue weighted by atomic mass is 14.3. The molecule has 0 radical (unpaired) electrons. The van der Waals surface area contributed by atoms with Gasteiger partial charge in [0.2, 0.25) is 0 Å². The molecule has 0 heterocycles. The molecule has 0 spiro atoms. The topological polar surface area (TPSA) is 95.2 Å². The Hall–Kier alpha value is -5.42. The van der Waals surface area contributed by atoms with Gasteiger partial charge in [-0.3, -0.25) is 0 Å². The van der Waals surface area contributed by atoms with E-state index in [0.717, 1.165) is 43.8 Å². The van der Waals surface area contributed by atoms with Gasteiger partial charge >= 0.3 is 0 Å². The fourth-order valence-electron chi connectivity index (χ4n) is 4.36. The number of hydrogen-bond acceptors (Lipinski definition) is 4. The summed E-state index contributed by atoms with van der Waals surface area (Å²) in [5.41, 5.74) is 5.06. The molecule has 4 nitrogen and oxygen atoms in total. The Morgan fingerprint density at radius 1 is 0.412 bits per heavy atom. The number of nitriles is 4. The van der Waals surface area contributed by atoms with Crippen molar-refractivity contribution in [2.24, 2.45) is 0 Å². The van der Waals surface area contributed by atoms with Crippen LogP contribution in [0.2, 0.25) is 0 Å². The van der Waals surface area contributed by atoms with Crippen LogP contribution >= 0.6 is 0 Å². The Morgan fingerprint density at radius 2 is 0.765 bits per heavy atom. The number of rotatable bonds is 2. The zero-order chi connectivity index (χ0) is 23.7. The van der Waals surface area contributed by atoms with E-state index < -0.39 is 0 Å². The molecule has 0 aliphatic rings. The molecule has 0 N–H and O–H groups in total. The van der Waals surface area contributed by atoms with Crippen molar-refractivity contribution in [1.29, 1.82) is 21.0 Å². The van der Waals surface area contributed by atoms with E-state index in [1.807, 2.05) is 36.4 Å². The summed E-state index contributed by atoms with van der Waals surface area (Å²) >= 11 is 0. The lowest BCUT2D eigenvalue weighted by Crippen LogP contribution is -1.90. The summed E-state index contributed by atoms with van der Waals surface area (Å²) in [6, 6.07) is 35.1. The van der Waals surface area contributed by atoms with Gasteiger partial charge < -0.3 is 0 Å². The van der Waals surface area contributed by atoms with Crippen LogP contribution in [-0.2, 0) is 0 Å². The van der Waals surface area contributed by atoms with Crippen molar-refractivity contribution in [3.8, 4) is 46.5 Å². The molecule has 0 amide bonds. The summed E-state index contributed by atoms with van der Waals surface area (Å²) in [5, 5.41) is 41.9. The minimum absolute atomic E-state index is 0.424. The average molecular weight is 430 g/mol. The van der Waals surface area contributed by atoms with Crippen molar-refractivity contribution in [1.82, 2.24) is 0 Å². The van der Waals surface area contributed by atoms with Crippen LogP contribution < -0.4 is 0 Å². The van der Waals surface area contributed by atoms with Crippen LogP contribution in [-0.4, -0.2) is 0 Å². The molecule has 0 saturated heterocycles. The molecule has 0 fully saturated rings. The molecule has 5 aromatic carbocycles. The minimum Gasteiger partial charge on any atom is -0.192 e. The number of hydrogen-bond donors (Lipinski definition) is 0. The van der Waals surface area contributed by atoms with E-state index in [1.54, 1.807) is 36.4 Å². The first-order chi connectivity index (χ1) is 16.6. The molecule has 0 aromatic heterocycles. The van der Waals surface area contributed by atoms with Gasteiger partial charge in [-0.1, -0.05) is 36.4 Å². The first-order valence-corrected chi connectivity index (χ1v) is 10.5. The number of nitrogens with zero attached hydrogens (tertiary/aromatic N) is 4. The Bertz CT molecular complexity index is 1600. The molecule has 154 valence electrons. The van der Waals surface area contributed by atoms with Gasteiger partial charge in [0.15, 0.2) is 0 Å². The molecule has 0 atom stereocenters. The summed E-state index contributed by atoms with van der Waals surface area (Å²) < 4.78 is 0. The smallest absolute Gasteiger partial charge is 0.0992 e. The third kappa shape index (κ3) is 3.49. The van der Waals surface area contributed by atoms with Gasteiger partial charge in [0.25, 0.3) is 0 Å². The predicted octanol–water partition coefficient (Wildman–Crippen LogP) is 6.81. The highest BCUT2D eigenvalue weighted by Crippen LogP contribution is 2.39. The second kappa shape index (κ2) is 8.26. The normalized spacial score (nSPS) is 10.2. The average Bonchev–Trinajstić information content (AvgIpc) is 2.90. The molecule has 0 bridgehead atoms. The van der Waals surface area contributed by atoms with Gasteiger partial charge in [-0.05, 0) is 92.3 Å². The Kier molecular flexibility index (Phi) is 4.97. The highest BCUT2D eigenvalue weighted by molar-refractivity contribution is 6.11. The molecular formula is C30H14N4. The molecule has 5 aromatic rings. The first-order valence-electron chi connectivity index (χ1n) is 10.5. The Balaban J connectivity index is 1.88. The maximum atomic E-state index is 9.46. The molecule has 0 aliphatic heterocycles. The summed E-state index contributed by atoms with van der Waals surface area (Å²) in [6.45, 7) is 0. The second-order valence-electron chi connectivity index (χ2n) is 7.95. The lowest BCUT2D eigenvalue weighted by molar-refractivity contribution is 1.44. The SMILES string of the molecule is N#Cc1cc(C#N)cc(-c2ccc(-c3cc(C#N)cc(C#N)c3)c3cc4ccccc4cc23)c1. The summed E-state index contributed by atoms with van der Waals surface area (Å²) in [5.74, 6) is 0. The monoisotopic (exact) mass is 430 g/mol. The van der Waals surface area contributed by atoms with Crippen molar-refractivity contribution >= 4 is 21.5 Å². The van der Waals surface area contributed by atoms with Crippen LogP contribution in [0.15, 0.2) is 84.9 Å². The predicted molar refractivity (Wildman–Crippen MR) is 131 cm³/mol. The molecule has 4 heteroatoms.